The first-order valence-electron chi connectivity index (χ1n) is 17.6. The van der Waals surface area contributed by atoms with Gasteiger partial charge in [-0.15, -0.1) is 0 Å². The largest absolute Gasteiger partial charge is 0.444 e. The maximum absolute atomic E-state index is 16.0. The van der Waals surface area contributed by atoms with Gasteiger partial charge >= 0.3 is 6.09 Å². The molecule has 1 aromatic heterocycles. The van der Waals surface area contributed by atoms with Crippen molar-refractivity contribution in [3.8, 4) is 0 Å². The highest BCUT2D eigenvalue weighted by Gasteiger charge is 2.44. The quantitative estimate of drug-likeness (QED) is 0.284. The summed E-state index contributed by atoms with van der Waals surface area (Å²) in [6.07, 6.45) is 0.147. The first kappa shape index (κ1) is 39.6. The summed E-state index contributed by atoms with van der Waals surface area (Å²) >= 11 is 6.25. The molecule has 17 heteroatoms. The smallest absolute Gasteiger partial charge is 0.407 e. The molecular formula is C35H47ClF2N6O7S. The molecule has 3 N–H and O–H groups in total. The summed E-state index contributed by atoms with van der Waals surface area (Å²) in [5, 5.41) is 15.1. The zero-order chi connectivity index (χ0) is 37.8. The summed E-state index contributed by atoms with van der Waals surface area (Å²) in [7, 11) is -3.83. The number of aliphatic hydroxyl groups is 1. The van der Waals surface area contributed by atoms with E-state index in [9.17, 15) is 27.9 Å². The molecule has 2 saturated heterocycles. The van der Waals surface area contributed by atoms with E-state index in [2.05, 4.69) is 15.6 Å². The molecule has 1 atom stereocenters. The van der Waals surface area contributed by atoms with Crippen molar-refractivity contribution in [3.05, 3.63) is 47.1 Å². The monoisotopic (exact) mass is 768 g/mol. The zero-order valence-corrected chi connectivity index (χ0v) is 31.2. The van der Waals surface area contributed by atoms with E-state index in [4.69, 9.17) is 16.3 Å². The van der Waals surface area contributed by atoms with Crippen molar-refractivity contribution in [2.45, 2.75) is 81.8 Å². The number of aromatic nitrogens is 1. The molecule has 0 radical (unpaired) electrons. The first-order chi connectivity index (χ1) is 24.4. The normalized spacial score (nSPS) is 21.2. The number of piperazine rings is 1. The molecule has 2 aliphatic heterocycles. The van der Waals surface area contributed by atoms with E-state index in [-0.39, 0.29) is 98.2 Å². The van der Waals surface area contributed by atoms with Crippen molar-refractivity contribution in [2.75, 3.05) is 55.6 Å². The number of hydrogen-bond acceptors (Lipinski definition) is 9. The van der Waals surface area contributed by atoms with Crippen LogP contribution in [0.2, 0.25) is 5.15 Å². The number of nitrogens with zero attached hydrogens (tertiary/aromatic N) is 4. The topological polar surface area (TPSA) is 161 Å². The Morgan fingerprint density at radius 3 is 2.23 bits per heavy atom. The van der Waals surface area contributed by atoms with Crippen LogP contribution in [0.1, 0.15) is 64.9 Å². The molecule has 5 rings (SSSR count). The van der Waals surface area contributed by atoms with Crippen LogP contribution in [-0.4, -0.2) is 98.2 Å². The SMILES string of the molecule is CC(C)(C)OC(=O)NCC(O)CNC(=O)[C@H]1CC[C@H](C(F)(F)c2cc(Cl)nc(N3CCN(S(=O)(=O)c4ccc(N5CCCC5=O)cc4)CC3)c2)CC1. The van der Waals surface area contributed by atoms with Crippen LogP contribution in [0.3, 0.4) is 0 Å². The number of pyridine rings is 1. The number of ether oxygens (including phenoxy) is 1. The Hall–Kier alpha value is -3.60. The van der Waals surface area contributed by atoms with Crippen LogP contribution in [0, 0.1) is 11.8 Å². The molecule has 13 nitrogen and oxygen atoms in total. The first-order valence-corrected chi connectivity index (χ1v) is 19.4. The third-order valence-electron chi connectivity index (χ3n) is 9.59. The molecule has 3 amide bonds. The zero-order valence-electron chi connectivity index (χ0n) is 29.6. The summed E-state index contributed by atoms with van der Waals surface area (Å²) in [6.45, 7) is 6.14. The summed E-state index contributed by atoms with van der Waals surface area (Å²) in [5.74, 6) is -4.89. The Bertz CT molecular complexity index is 1710. The van der Waals surface area contributed by atoms with Gasteiger partial charge in [0.05, 0.1) is 11.0 Å². The number of amides is 3. The van der Waals surface area contributed by atoms with E-state index in [1.165, 1.54) is 22.5 Å². The fourth-order valence-electron chi connectivity index (χ4n) is 6.77. The van der Waals surface area contributed by atoms with Crippen molar-refractivity contribution >= 4 is 51.0 Å². The number of benzene rings is 1. The number of carbonyl (C=O) groups is 3. The Morgan fingerprint density at radius 1 is 1.00 bits per heavy atom. The molecular weight excluding hydrogens is 722 g/mol. The number of aliphatic hydroxyl groups excluding tert-OH is 1. The minimum atomic E-state index is -3.83. The van der Waals surface area contributed by atoms with E-state index >= 15 is 8.78 Å². The Kier molecular flexibility index (Phi) is 12.3. The van der Waals surface area contributed by atoms with Gasteiger partial charge in [0.2, 0.25) is 21.8 Å². The van der Waals surface area contributed by atoms with E-state index in [1.807, 2.05) is 0 Å². The van der Waals surface area contributed by atoms with E-state index in [1.54, 1.807) is 42.7 Å². The predicted molar refractivity (Wildman–Crippen MR) is 191 cm³/mol. The van der Waals surface area contributed by atoms with Crippen molar-refractivity contribution < 1.29 is 41.4 Å². The molecule has 1 unspecified atom stereocenters. The standard InChI is InChI=1S/C35H47ClF2N6O7S/c1-34(2,3)51-33(48)40-22-27(45)21-39-32(47)23-6-8-24(9-7-23)35(37,38)25-19-29(36)41-30(20-25)42-15-17-43(18-16-42)52(49,50)28-12-10-26(11-13-28)44-14-4-5-31(44)46/h10-13,19-20,23-24,27,45H,4-9,14-18,21-22H2,1-3H3,(H,39,47)(H,40,48)/t23-,24-,27?. The molecule has 1 aromatic carbocycles. The van der Waals surface area contributed by atoms with Crippen LogP contribution >= 0.6 is 11.6 Å². The number of nitrogens with one attached hydrogen (secondary N) is 2. The number of rotatable bonds is 11. The lowest BCUT2D eigenvalue weighted by atomic mass is 9.77. The van der Waals surface area contributed by atoms with Gasteiger partial charge < -0.3 is 30.3 Å². The second-order valence-electron chi connectivity index (χ2n) is 14.5. The van der Waals surface area contributed by atoms with E-state index < -0.39 is 45.6 Å². The fourth-order valence-corrected chi connectivity index (χ4v) is 8.39. The molecule has 2 aromatic rings. The van der Waals surface area contributed by atoms with Crippen molar-refractivity contribution in [3.63, 3.8) is 0 Å². The van der Waals surface area contributed by atoms with Crippen LogP contribution in [0.4, 0.5) is 25.1 Å². The van der Waals surface area contributed by atoms with Gasteiger partial charge in [-0.1, -0.05) is 11.6 Å². The molecule has 3 aliphatic rings. The number of carbonyl (C=O) groups excluding carboxylic acids is 3. The van der Waals surface area contributed by atoms with Gasteiger partial charge in [-0.3, -0.25) is 9.59 Å². The molecule has 3 fully saturated rings. The molecule has 0 spiro atoms. The minimum Gasteiger partial charge on any atom is -0.444 e. The average molecular weight is 769 g/mol. The Labute approximate surface area is 308 Å². The molecule has 1 saturated carbocycles. The highest BCUT2D eigenvalue weighted by molar-refractivity contribution is 7.89. The van der Waals surface area contributed by atoms with Crippen molar-refractivity contribution in [2.24, 2.45) is 11.8 Å². The van der Waals surface area contributed by atoms with E-state index in [0.29, 0.717) is 18.7 Å². The van der Waals surface area contributed by atoms with Gasteiger partial charge in [0.15, 0.2) is 0 Å². The minimum absolute atomic E-state index is 0.0110. The van der Waals surface area contributed by atoms with Gasteiger partial charge in [0, 0.05) is 75.3 Å². The second-order valence-corrected chi connectivity index (χ2v) is 16.8. The number of hydrogen-bond donors (Lipinski definition) is 3. The number of alkyl halides is 2. The highest BCUT2D eigenvalue weighted by atomic mass is 35.5. The predicted octanol–water partition coefficient (Wildman–Crippen LogP) is 4.27. The third-order valence-corrected chi connectivity index (χ3v) is 11.7. The lowest BCUT2D eigenvalue weighted by Crippen LogP contribution is -2.49. The number of sulfonamides is 1. The van der Waals surface area contributed by atoms with Crippen LogP contribution < -0.4 is 20.4 Å². The third kappa shape index (κ3) is 9.68. The maximum Gasteiger partial charge on any atom is 0.407 e. The van der Waals surface area contributed by atoms with E-state index in [0.717, 1.165) is 12.5 Å². The Morgan fingerprint density at radius 2 is 1.63 bits per heavy atom. The van der Waals surface area contributed by atoms with Gasteiger partial charge in [0.25, 0.3) is 5.92 Å². The number of halogens is 3. The van der Waals surface area contributed by atoms with Crippen LogP contribution in [0.25, 0.3) is 0 Å². The van der Waals surface area contributed by atoms with Crippen molar-refractivity contribution in [1.29, 1.82) is 0 Å². The summed E-state index contributed by atoms with van der Waals surface area (Å²) in [4.78, 5) is 44.4. The van der Waals surface area contributed by atoms with Gasteiger partial charge in [-0.2, -0.15) is 4.31 Å². The summed E-state index contributed by atoms with van der Waals surface area (Å²) in [6, 6.07) is 8.71. The lowest BCUT2D eigenvalue weighted by molar-refractivity contribution is -0.129. The molecule has 0 bridgehead atoms. The molecule has 52 heavy (non-hydrogen) atoms. The van der Waals surface area contributed by atoms with Crippen LogP contribution in [-0.2, 0) is 30.3 Å². The molecule has 1 aliphatic carbocycles. The van der Waals surface area contributed by atoms with Gasteiger partial charge in [-0.05, 0) is 89.3 Å². The van der Waals surface area contributed by atoms with Crippen LogP contribution in [0.15, 0.2) is 41.3 Å². The maximum atomic E-state index is 16.0. The fraction of sp³-hybridized carbons (Fsp3) is 0.600. The average Bonchev–Trinajstić information content (AvgIpc) is 3.54. The summed E-state index contributed by atoms with van der Waals surface area (Å²) in [5.41, 5.74) is -0.326. The lowest BCUT2D eigenvalue weighted by Gasteiger charge is -2.36. The number of anilines is 2. The highest BCUT2D eigenvalue weighted by Crippen LogP contribution is 2.46. The molecule has 286 valence electrons. The Balaban J connectivity index is 1.12. The number of alkyl carbamates (subject to hydrolysis) is 1. The van der Waals surface area contributed by atoms with Crippen LogP contribution in [0.5, 0.6) is 0 Å². The second kappa shape index (κ2) is 16.2. The molecule has 3 heterocycles. The van der Waals surface area contributed by atoms with Gasteiger partial charge in [0.1, 0.15) is 16.6 Å². The van der Waals surface area contributed by atoms with Gasteiger partial charge in [-0.25, -0.2) is 27.0 Å². The summed E-state index contributed by atoms with van der Waals surface area (Å²) < 4.78 is 65.2. The van der Waals surface area contributed by atoms with Crippen molar-refractivity contribution in [1.82, 2.24) is 19.9 Å².